The first-order chi connectivity index (χ1) is 7.65. The monoisotopic (exact) mass is 220 g/mol. The van der Waals surface area contributed by atoms with Crippen LogP contribution in [0.2, 0.25) is 0 Å². The van der Waals surface area contributed by atoms with Crippen LogP contribution in [0.15, 0.2) is 17.7 Å². The minimum Gasteiger partial charge on any atom is -0.497 e. The van der Waals surface area contributed by atoms with Crippen molar-refractivity contribution in [2.75, 3.05) is 14.2 Å². The molecule has 0 atom stereocenters. The third kappa shape index (κ3) is 1.62. The van der Waals surface area contributed by atoms with Gasteiger partial charge in [0.1, 0.15) is 11.5 Å². The Morgan fingerprint density at radius 2 is 2.06 bits per heavy atom. The molecule has 1 aliphatic carbocycles. The first-order valence-electron chi connectivity index (χ1n) is 4.84. The summed E-state index contributed by atoms with van der Waals surface area (Å²) in [6.07, 6.45) is 2.06. The van der Waals surface area contributed by atoms with E-state index in [-0.39, 0.29) is 0 Å². The molecule has 0 spiro atoms. The topological polar surface area (TPSA) is 55.8 Å². The molecule has 0 amide bonds. The third-order valence-electron chi connectivity index (χ3n) is 2.64. The molecule has 0 heterocycles. The lowest BCUT2D eigenvalue weighted by Crippen LogP contribution is -2.00. The van der Waals surface area contributed by atoms with Crippen LogP contribution in [0.4, 0.5) is 0 Å². The Morgan fingerprint density at radius 3 is 2.62 bits per heavy atom. The highest BCUT2D eigenvalue weighted by atomic mass is 16.5. The van der Waals surface area contributed by atoms with E-state index in [9.17, 15) is 4.79 Å². The Bertz CT molecular complexity index is 474. The SMILES string of the molecule is COc1cc2c(c(OC)c1)CC(C(=O)O)=C2. The van der Waals surface area contributed by atoms with Crippen molar-refractivity contribution >= 4 is 12.0 Å². The van der Waals surface area contributed by atoms with Gasteiger partial charge >= 0.3 is 5.97 Å². The number of carbonyl (C=O) groups is 1. The minimum atomic E-state index is -0.891. The molecule has 1 aliphatic rings. The number of aliphatic carboxylic acids is 1. The van der Waals surface area contributed by atoms with Crippen molar-refractivity contribution < 1.29 is 19.4 Å². The molecule has 1 aromatic carbocycles. The molecule has 2 rings (SSSR count). The van der Waals surface area contributed by atoms with E-state index in [1.165, 1.54) is 0 Å². The Morgan fingerprint density at radius 1 is 1.31 bits per heavy atom. The fraction of sp³-hybridized carbons (Fsp3) is 0.250. The molecule has 4 heteroatoms. The molecular formula is C12H12O4. The van der Waals surface area contributed by atoms with Gasteiger partial charge in [-0.2, -0.15) is 0 Å². The van der Waals surface area contributed by atoms with Crippen molar-refractivity contribution in [3.05, 3.63) is 28.8 Å². The summed E-state index contributed by atoms with van der Waals surface area (Å²) >= 11 is 0. The van der Waals surface area contributed by atoms with Crippen LogP contribution >= 0.6 is 0 Å². The van der Waals surface area contributed by atoms with E-state index in [1.807, 2.05) is 6.07 Å². The predicted molar refractivity (Wildman–Crippen MR) is 58.9 cm³/mol. The number of carboxylic acid groups (broad SMARTS) is 1. The minimum absolute atomic E-state index is 0.376. The zero-order valence-corrected chi connectivity index (χ0v) is 9.11. The second-order valence-electron chi connectivity index (χ2n) is 3.55. The zero-order valence-electron chi connectivity index (χ0n) is 9.11. The molecule has 1 N–H and O–H groups in total. The standard InChI is InChI=1S/C12H12O4/c1-15-9-4-7-3-8(12(13)14)5-10(7)11(6-9)16-2/h3-4,6H,5H2,1-2H3,(H,13,14). The van der Waals surface area contributed by atoms with E-state index in [2.05, 4.69) is 0 Å². The van der Waals surface area contributed by atoms with E-state index in [1.54, 1.807) is 26.4 Å². The van der Waals surface area contributed by atoms with Crippen LogP contribution in [0.5, 0.6) is 11.5 Å². The van der Waals surface area contributed by atoms with E-state index >= 15 is 0 Å². The molecular weight excluding hydrogens is 208 g/mol. The number of methoxy groups -OCH3 is 2. The van der Waals surface area contributed by atoms with Crippen LogP contribution in [0.1, 0.15) is 11.1 Å². The summed E-state index contributed by atoms with van der Waals surface area (Å²) < 4.78 is 10.3. The highest BCUT2D eigenvalue weighted by Gasteiger charge is 2.22. The van der Waals surface area contributed by atoms with E-state index in [0.717, 1.165) is 11.1 Å². The first kappa shape index (κ1) is 10.5. The number of ether oxygens (including phenoxy) is 2. The Hall–Kier alpha value is -1.97. The highest BCUT2D eigenvalue weighted by Crippen LogP contribution is 2.36. The van der Waals surface area contributed by atoms with Crippen molar-refractivity contribution in [1.29, 1.82) is 0 Å². The lowest BCUT2D eigenvalue weighted by atomic mass is 10.1. The van der Waals surface area contributed by atoms with E-state index < -0.39 is 5.97 Å². The van der Waals surface area contributed by atoms with Gasteiger partial charge in [0.05, 0.1) is 14.2 Å². The van der Waals surface area contributed by atoms with Crippen LogP contribution in [0.3, 0.4) is 0 Å². The molecule has 1 aromatic rings. The molecule has 0 unspecified atom stereocenters. The van der Waals surface area contributed by atoms with Crippen molar-refractivity contribution in [3.8, 4) is 11.5 Å². The number of benzene rings is 1. The average molecular weight is 220 g/mol. The maximum absolute atomic E-state index is 10.9. The molecule has 0 saturated carbocycles. The Labute approximate surface area is 93.1 Å². The fourth-order valence-corrected chi connectivity index (χ4v) is 1.83. The molecule has 0 saturated heterocycles. The summed E-state index contributed by atoms with van der Waals surface area (Å²) in [7, 11) is 3.13. The summed E-state index contributed by atoms with van der Waals surface area (Å²) in [5, 5.41) is 8.94. The quantitative estimate of drug-likeness (QED) is 0.842. The normalized spacial score (nSPS) is 13.0. The van der Waals surface area contributed by atoms with Gasteiger partial charge in [-0.3, -0.25) is 0 Å². The summed E-state index contributed by atoms with van der Waals surface area (Å²) in [5.41, 5.74) is 2.14. The molecule has 0 bridgehead atoms. The van der Waals surface area contributed by atoms with E-state index in [0.29, 0.717) is 23.5 Å². The number of hydrogen-bond donors (Lipinski definition) is 1. The first-order valence-corrected chi connectivity index (χ1v) is 4.84. The highest BCUT2D eigenvalue weighted by molar-refractivity contribution is 5.95. The molecule has 4 nitrogen and oxygen atoms in total. The number of hydrogen-bond acceptors (Lipinski definition) is 3. The fourth-order valence-electron chi connectivity index (χ4n) is 1.83. The van der Waals surface area contributed by atoms with Crippen molar-refractivity contribution in [1.82, 2.24) is 0 Å². The van der Waals surface area contributed by atoms with Crippen LogP contribution in [-0.4, -0.2) is 25.3 Å². The summed E-state index contributed by atoms with van der Waals surface area (Å²) in [6.45, 7) is 0. The molecule has 0 radical (unpaired) electrons. The van der Waals surface area contributed by atoms with Gasteiger partial charge in [-0.25, -0.2) is 4.79 Å². The lowest BCUT2D eigenvalue weighted by Gasteiger charge is -2.09. The van der Waals surface area contributed by atoms with Gasteiger partial charge in [0.25, 0.3) is 0 Å². The molecule has 84 valence electrons. The molecule has 0 aliphatic heterocycles. The van der Waals surface area contributed by atoms with Gasteiger partial charge in [0.2, 0.25) is 0 Å². The van der Waals surface area contributed by atoms with Crippen molar-refractivity contribution in [2.24, 2.45) is 0 Å². The molecule has 16 heavy (non-hydrogen) atoms. The van der Waals surface area contributed by atoms with Crippen molar-refractivity contribution in [2.45, 2.75) is 6.42 Å². The predicted octanol–water partition coefficient (Wildman–Crippen LogP) is 1.73. The summed E-state index contributed by atoms with van der Waals surface area (Å²) in [4.78, 5) is 10.9. The Kier molecular flexibility index (Phi) is 2.56. The van der Waals surface area contributed by atoms with Gasteiger partial charge in [0, 0.05) is 23.6 Å². The van der Waals surface area contributed by atoms with E-state index in [4.69, 9.17) is 14.6 Å². The van der Waals surface area contributed by atoms with Crippen LogP contribution < -0.4 is 9.47 Å². The van der Waals surface area contributed by atoms with Gasteiger partial charge < -0.3 is 14.6 Å². The van der Waals surface area contributed by atoms with Crippen LogP contribution in [-0.2, 0) is 11.2 Å². The van der Waals surface area contributed by atoms with Gasteiger partial charge in [-0.15, -0.1) is 0 Å². The maximum Gasteiger partial charge on any atom is 0.331 e. The Balaban J connectivity index is 2.49. The molecule has 0 fully saturated rings. The van der Waals surface area contributed by atoms with Crippen LogP contribution in [0.25, 0.3) is 6.08 Å². The van der Waals surface area contributed by atoms with Gasteiger partial charge in [-0.05, 0) is 17.7 Å². The van der Waals surface area contributed by atoms with Crippen molar-refractivity contribution in [3.63, 3.8) is 0 Å². The largest absolute Gasteiger partial charge is 0.497 e. The summed E-state index contributed by atoms with van der Waals surface area (Å²) in [5.74, 6) is 0.442. The smallest absolute Gasteiger partial charge is 0.331 e. The second kappa shape index (κ2) is 3.89. The zero-order chi connectivity index (χ0) is 11.7. The lowest BCUT2D eigenvalue weighted by molar-refractivity contribution is -0.132. The number of carboxylic acids is 1. The van der Waals surface area contributed by atoms with Gasteiger partial charge in [0.15, 0.2) is 0 Å². The van der Waals surface area contributed by atoms with Crippen LogP contribution in [0, 0.1) is 0 Å². The summed E-state index contributed by atoms with van der Waals surface area (Å²) in [6, 6.07) is 3.57. The van der Waals surface area contributed by atoms with Gasteiger partial charge in [-0.1, -0.05) is 0 Å². The maximum atomic E-state index is 10.9. The third-order valence-corrected chi connectivity index (χ3v) is 2.64. The molecule has 0 aromatic heterocycles. The second-order valence-corrected chi connectivity index (χ2v) is 3.55. The number of rotatable bonds is 3. The average Bonchev–Trinajstić information content (AvgIpc) is 2.71. The number of fused-ring (bicyclic) bond motifs is 1.